The van der Waals surface area contributed by atoms with Crippen molar-refractivity contribution in [3.05, 3.63) is 28.5 Å². The summed E-state index contributed by atoms with van der Waals surface area (Å²) in [6.07, 6.45) is 1.65. The third-order valence-electron chi connectivity index (χ3n) is 2.93. The number of hydrogen-bond acceptors (Lipinski definition) is 2. The zero-order valence-electron chi connectivity index (χ0n) is 8.96. The average Bonchev–Trinajstić information content (AvgIpc) is 2.59. The molecule has 5 heteroatoms. The molecule has 2 nitrogen and oxygen atoms in total. The van der Waals surface area contributed by atoms with Gasteiger partial charge in [0.25, 0.3) is 5.92 Å². The van der Waals surface area contributed by atoms with Gasteiger partial charge in [-0.3, -0.25) is 9.88 Å². The minimum Gasteiger partial charge on any atom is -0.289 e. The van der Waals surface area contributed by atoms with Gasteiger partial charge < -0.3 is 0 Å². The maximum absolute atomic E-state index is 13.1. The van der Waals surface area contributed by atoms with Crippen LogP contribution in [0.25, 0.3) is 0 Å². The molecule has 2 heterocycles. The van der Waals surface area contributed by atoms with Crippen LogP contribution in [0.15, 0.2) is 22.8 Å². The van der Waals surface area contributed by atoms with Gasteiger partial charge >= 0.3 is 0 Å². The normalized spacial score (nSPS) is 22.2. The fraction of sp³-hybridized carbons (Fsp3) is 0.545. The molecule has 1 unspecified atom stereocenters. The molecule has 1 aliphatic heterocycles. The topological polar surface area (TPSA) is 16.1 Å². The second-order valence-corrected chi connectivity index (χ2v) is 5.07. The standard InChI is InChI=1S/C11H13BrF2N2/c1-8(10-3-2-9(12)6-15-10)16-5-4-11(13,14)7-16/h2-3,6,8H,4-5,7H2,1H3. The molecular weight excluding hydrogens is 278 g/mol. The molecule has 16 heavy (non-hydrogen) atoms. The van der Waals surface area contributed by atoms with Gasteiger partial charge in [0.2, 0.25) is 0 Å². The van der Waals surface area contributed by atoms with E-state index in [4.69, 9.17) is 0 Å². The molecule has 0 aromatic carbocycles. The molecule has 1 fully saturated rings. The molecule has 0 saturated carbocycles. The molecule has 1 atom stereocenters. The van der Waals surface area contributed by atoms with Crippen molar-refractivity contribution < 1.29 is 8.78 Å². The highest BCUT2D eigenvalue weighted by Crippen LogP contribution is 2.32. The number of alkyl halides is 2. The fourth-order valence-electron chi connectivity index (χ4n) is 1.91. The summed E-state index contributed by atoms with van der Waals surface area (Å²) in [5.41, 5.74) is 0.834. The smallest absolute Gasteiger partial charge is 0.261 e. The number of pyridine rings is 1. The van der Waals surface area contributed by atoms with Crippen LogP contribution in [0.5, 0.6) is 0 Å². The van der Waals surface area contributed by atoms with Gasteiger partial charge in [-0.25, -0.2) is 8.78 Å². The quantitative estimate of drug-likeness (QED) is 0.831. The van der Waals surface area contributed by atoms with Crippen LogP contribution in [0.3, 0.4) is 0 Å². The number of likely N-dealkylation sites (tertiary alicyclic amines) is 1. The molecule has 0 N–H and O–H groups in total. The van der Waals surface area contributed by atoms with Crippen molar-refractivity contribution in [3.63, 3.8) is 0 Å². The number of halogens is 3. The van der Waals surface area contributed by atoms with Gasteiger partial charge in [-0.05, 0) is 35.0 Å². The molecule has 1 aromatic heterocycles. The Morgan fingerprint density at radius 1 is 1.50 bits per heavy atom. The van der Waals surface area contributed by atoms with E-state index in [1.165, 1.54) is 0 Å². The van der Waals surface area contributed by atoms with Crippen LogP contribution in [0.1, 0.15) is 25.1 Å². The van der Waals surface area contributed by atoms with Gasteiger partial charge in [0.05, 0.1) is 12.2 Å². The third kappa shape index (κ3) is 2.58. The molecule has 1 aromatic rings. The van der Waals surface area contributed by atoms with Crippen molar-refractivity contribution in [1.29, 1.82) is 0 Å². The Morgan fingerprint density at radius 2 is 2.25 bits per heavy atom. The lowest BCUT2D eigenvalue weighted by molar-refractivity contribution is 0.00815. The van der Waals surface area contributed by atoms with Crippen LogP contribution in [-0.4, -0.2) is 28.9 Å². The van der Waals surface area contributed by atoms with Crippen molar-refractivity contribution in [1.82, 2.24) is 9.88 Å². The highest BCUT2D eigenvalue weighted by atomic mass is 79.9. The van der Waals surface area contributed by atoms with E-state index in [9.17, 15) is 8.78 Å². The summed E-state index contributed by atoms with van der Waals surface area (Å²) in [5.74, 6) is -2.54. The maximum atomic E-state index is 13.1. The van der Waals surface area contributed by atoms with Gasteiger partial charge in [0, 0.05) is 29.7 Å². The summed E-state index contributed by atoms with van der Waals surface area (Å²) in [6, 6.07) is 3.69. The SMILES string of the molecule is CC(c1ccc(Br)cn1)N1CCC(F)(F)C1. The predicted octanol–water partition coefficient (Wildman–Crippen LogP) is 3.25. The van der Waals surface area contributed by atoms with Crippen molar-refractivity contribution in [2.75, 3.05) is 13.1 Å². The third-order valence-corrected chi connectivity index (χ3v) is 3.39. The highest BCUT2D eigenvalue weighted by Gasteiger charge is 2.40. The summed E-state index contributed by atoms with van der Waals surface area (Å²) in [4.78, 5) is 6.01. The largest absolute Gasteiger partial charge is 0.289 e. The van der Waals surface area contributed by atoms with Crippen molar-refractivity contribution in [2.24, 2.45) is 0 Å². The Morgan fingerprint density at radius 3 is 2.75 bits per heavy atom. The lowest BCUT2D eigenvalue weighted by Crippen LogP contribution is -2.28. The number of hydrogen-bond donors (Lipinski definition) is 0. The Bertz CT molecular complexity index is 367. The molecule has 1 aliphatic rings. The lowest BCUT2D eigenvalue weighted by Gasteiger charge is -2.23. The first kappa shape index (κ1) is 11.9. The molecule has 0 aliphatic carbocycles. The van der Waals surface area contributed by atoms with Crippen LogP contribution < -0.4 is 0 Å². The Labute approximate surface area is 102 Å². The first-order valence-electron chi connectivity index (χ1n) is 5.21. The molecule has 88 valence electrons. The van der Waals surface area contributed by atoms with E-state index in [-0.39, 0.29) is 19.0 Å². The van der Waals surface area contributed by atoms with Crippen molar-refractivity contribution in [3.8, 4) is 0 Å². The monoisotopic (exact) mass is 290 g/mol. The number of rotatable bonds is 2. The van der Waals surface area contributed by atoms with Crippen molar-refractivity contribution >= 4 is 15.9 Å². The molecule has 0 bridgehead atoms. The molecular formula is C11H13BrF2N2. The first-order valence-corrected chi connectivity index (χ1v) is 6.00. The minimum atomic E-state index is -2.54. The number of aromatic nitrogens is 1. The van der Waals surface area contributed by atoms with E-state index in [2.05, 4.69) is 20.9 Å². The first-order chi connectivity index (χ1) is 7.48. The van der Waals surface area contributed by atoms with E-state index in [1.807, 2.05) is 19.1 Å². The average molecular weight is 291 g/mol. The van der Waals surface area contributed by atoms with Gasteiger partial charge in [-0.1, -0.05) is 0 Å². The lowest BCUT2D eigenvalue weighted by atomic mass is 10.2. The van der Waals surface area contributed by atoms with Crippen LogP contribution in [0.2, 0.25) is 0 Å². The molecule has 0 amide bonds. The molecule has 1 saturated heterocycles. The number of nitrogens with zero attached hydrogens (tertiary/aromatic N) is 2. The van der Waals surface area contributed by atoms with Gasteiger partial charge in [-0.15, -0.1) is 0 Å². The Kier molecular flexibility index (Phi) is 3.26. The van der Waals surface area contributed by atoms with E-state index in [0.29, 0.717) is 6.54 Å². The maximum Gasteiger partial charge on any atom is 0.261 e. The highest BCUT2D eigenvalue weighted by molar-refractivity contribution is 9.10. The molecule has 0 radical (unpaired) electrons. The molecule has 2 rings (SSSR count). The summed E-state index contributed by atoms with van der Waals surface area (Å²) in [6.45, 7) is 2.19. The second-order valence-electron chi connectivity index (χ2n) is 4.15. The summed E-state index contributed by atoms with van der Waals surface area (Å²) >= 11 is 3.30. The summed E-state index contributed by atoms with van der Waals surface area (Å²) in [5, 5.41) is 0. The second kappa shape index (κ2) is 4.37. The van der Waals surface area contributed by atoms with E-state index in [0.717, 1.165) is 10.2 Å². The van der Waals surface area contributed by atoms with E-state index >= 15 is 0 Å². The molecule has 0 spiro atoms. The zero-order chi connectivity index (χ0) is 11.8. The van der Waals surface area contributed by atoms with Crippen LogP contribution >= 0.6 is 15.9 Å². The fourth-order valence-corrected chi connectivity index (χ4v) is 2.15. The van der Waals surface area contributed by atoms with Gasteiger partial charge in [0.15, 0.2) is 0 Å². The van der Waals surface area contributed by atoms with Crippen LogP contribution in [-0.2, 0) is 0 Å². The van der Waals surface area contributed by atoms with Gasteiger partial charge in [-0.2, -0.15) is 0 Å². The summed E-state index contributed by atoms with van der Waals surface area (Å²) in [7, 11) is 0. The van der Waals surface area contributed by atoms with E-state index in [1.54, 1.807) is 11.1 Å². The van der Waals surface area contributed by atoms with Crippen LogP contribution in [0, 0.1) is 0 Å². The van der Waals surface area contributed by atoms with E-state index < -0.39 is 5.92 Å². The summed E-state index contributed by atoms with van der Waals surface area (Å²) < 4.78 is 27.0. The van der Waals surface area contributed by atoms with Gasteiger partial charge in [0.1, 0.15) is 0 Å². The minimum absolute atomic E-state index is 0.0477. The Hall–Kier alpha value is -0.550. The Balaban J connectivity index is 2.08. The van der Waals surface area contributed by atoms with Crippen molar-refractivity contribution in [2.45, 2.75) is 25.3 Å². The zero-order valence-corrected chi connectivity index (χ0v) is 10.5. The predicted molar refractivity (Wildman–Crippen MR) is 61.5 cm³/mol. The van der Waals surface area contributed by atoms with Crippen LogP contribution in [0.4, 0.5) is 8.78 Å².